The van der Waals surface area contributed by atoms with E-state index in [1.165, 1.54) is 89.9 Å². The number of unbranched alkanes of at least 4 members (excludes halogenated alkanes) is 14. The lowest BCUT2D eigenvalue weighted by atomic mass is 10.1. The number of carbonyl (C=O) groups excluding carboxylic acids is 2. The summed E-state index contributed by atoms with van der Waals surface area (Å²) in [5, 5.41) is 0. The molecule has 3 rings (SSSR count). The van der Waals surface area contributed by atoms with Crippen LogP contribution in [0.4, 0.5) is 0 Å². The Hall–Kier alpha value is -2.76. The van der Waals surface area contributed by atoms with Crippen molar-refractivity contribution in [1.82, 2.24) is 9.80 Å². The van der Waals surface area contributed by atoms with Crippen molar-refractivity contribution in [3.8, 4) is 0 Å². The maximum atomic E-state index is 13.6. The van der Waals surface area contributed by atoms with Gasteiger partial charge in [0.25, 0.3) is 11.8 Å². The molecule has 0 aromatic carbocycles. The summed E-state index contributed by atoms with van der Waals surface area (Å²) in [6.45, 7) is 11.6. The molecule has 2 unspecified atom stereocenters. The van der Waals surface area contributed by atoms with E-state index in [-0.39, 0.29) is 23.9 Å². The van der Waals surface area contributed by atoms with Gasteiger partial charge < -0.3 is 9.80 Å². The predicted octanol–water partition coefficient (Wildman–Crippen LogP) is 7.92. The standard InChI is InChI=1S/C38H62N4O2/c1-5-7-9-11-13-15-17-19-25-39-27-21-23-35(31-39)37(43)41-29-34(4)42(30-33(41)3)38(44)36-24-22-28-40(32-36)26-20-18-16-14-12-10-8-6-2/h21-24,27-28,31-34H,5-20,25-26,29-30H2,1-4H3/q+2. The monoisotopic (exact) mass is 606 g/mol. The fraction of sp³-hybridized carbons (Fsp3) is 0.684. The molecule has 3 heterocycles. The number of hydrogen-bond donors (Lipinski definition) is 0. The largest absolute Gasteiger partial charge is 0.332 e. The van der Waals surface area contributed by atoms with Gasteiger partial charge in [-0.05, 0) is 38.8 Å². The fourth-order valence-corrected chi connectivity index (χ4v) is 6.46. The Bertz CT molecular complexity index is 1030. The van der Waals surface area contributed by atoms with Crippen LogP contribution in [0.25, 0.3) is 0 Å². The van der Waals surface area contributed by atoms with Crippen molar-refractivity contribution in [3.63, 3.8) is 0 Å². The van der Waals surface area contributed by atoms with Crippen LogP contribution in [0.5, 0.6) is 0 Å². The lowest BCUT2D eigenvalue weighted by Crippen LogP contribution is -2.59. The highest BCUT2D eigenvalue weighted by molar-refractivity contribution is 5.95. The van der Waals surface area contributed by atoms with E-state index in [4.69, 9.17) is 0 Å². The number of aromatic nitrogens is 2. The molecule has 1 aliphatic rings. The number of pyridine rings is 2. The van der Waals surface area contributed by atoms with E-state index < -0.39 is 0 Å². The maximum Gasteiger partial charge on any atom is 0.260 e. The molecule has 2 aromatic rings. The van der Waals surface area contributed by atoms with Crippen LogP contribution < -0.4 is 9.13 Å². The molecule has 6 nitrogen and oxygen atoms in total. The van der Waals surface area contributed by atoms with Crippen LogP contribution in [0.2, 0.25) is 0 Å². The van der Waals surface area contributed by atoms with E-state index in [0.29, 0.717) is 13.1 Å². The summed E-state index contributed by atoms with van der Waals surface area (Å²) in [4.78, 5) is 31.2. The average molecular weight is 607 g/mol. The van der Waals surface area contributed by atoms with Gasteiger partial charge in [-0.1, -0.05) is 90.9 Å². The van der Waals surface area contributed by atoms with E-state index in [9.17, 15) is 9.59 Å². The molecular formula is C38H62N4O2+2. The lowest BCUT2D eigenvalue weighted by molar-refractivity contribution is -0.697. The van der Waals surface area contributed by atoms with Gasteiger partial charge in [0.05, 0.1) is 0 Å². The van der Waals surface area contributed by atoms with Crippen molar-refractivity contribution in [3.05, 3.63) is 60.2 Å². The Morgan fingerprint density at radius 2 is 0.932 bits per heavy atom. The van der Waals surface area contributed by atoms with Crippen LogP contribution in [0.3, 0.4) is 0 Å². The number of nitrogens with zero attached hydrogens (tertiary/aromatic N) is 4. The fourth-order valence-electron chi connectivity index (χ4n) is 6.46. The van der Waals surface area contributed by atoms with E-state index in [2.05, 4.69) is 49.2 Å². The Kier molecular flexibility index (Phi) is 16.5. The number of amides is 2. The molecule has 44 heavy (non-hydrogen) atoms. The minimum Gasteiger partial charge on any atom is -0.332 e. The third kappa shape index (κ3) is 12.0. The molecule has 0 bridgehead atoms. The van der Waals surface area contributed by atoms with Crippen LogP contribution in [-0.4, -0.2) is 46.8 Å². The minimum atomic E-state index is -0.0443. The van der Waals surface area contributed by atoms with Crippen molar-refractivity contribution in [2.75, 3.05) is 13.1 Å². The van der Waals surface area contributed by atoms with Gasteiger partial charge >= 0.3 is 0 Å². The quantitative estimate of drug-likeness (QED) is 0.114. The molecule has 1 fully saturated rings. The molecule has 0 saturated carbocycles. The average Bonchev–Trinajstić information content (AvgIpc) is 3.04. The third-order valence-corrected chi connectivity index (χ3v) is 9.26. The van der Waals surface area contributed by atoms with Crippen LogP contribution in [0, 0.1) is 0 Å². The van der Waals surface area contributed by atoms with Gasteiger partial charge in [-0.2, -0.15) is 0 Å². The maximum absolute atomic E-state index is 13.6. The highest BCUT2D eigenvalue weighted by Gasteiger charge is 2.36. The molecule has 6 heteroatoms. The summed E-state index contributed by atoms with van der Waals surface area (Å²) < 4.78 is 4.33. The van der Waals surface area contributed by atoms with Gasteiger partial charge in [-0.25, -0.2) is 9.13 Å². The Labute approximate surface area is 268 Å². The van der Waals surface area contributed by atoms with Gasteiger partial charge in [0.1, 0.15) is 24.2 Å². The van der Waals surface area contributed by atoms with Gasteiger partial charge in [0, 0.05) is 50.1 Å². The molecule has 244 valence electrons. The van der Waals surface area contributed by atoms with E-state index in [0.717, 1.165) is 37.1 Å². The molecule has 2 aromatic heterocycles. The zero-order valence-electron chi connectivity index (χ0n) is 28.5. The van der Waals surface area contributed by atoms with Crippen molar-refractivity contribution in [2.45, 2.75) is 156 Å². The van der Waals surface area contributed by atoms with Gasteiger partial charge in [0.2, 0.25) is 0 Å². The van der Waals surface area contributed by atoms with E-state index >= 15 is 0 Å². The summed E-state index contributed by atoms with van der Waals surface area (Å²) in [7, 11) is 0. The molecule has 0 N–H and O–H groups in total. The summed E-state index contributed by atoms with van der Waals surface area (Å²) in [6, 6.07) is 7.75. The van der Waals surface area contributed by atoms with Crippen molar-refractivity contribution in [2.24, 2.45) is 0 Å². The molecular weight excluding hydrogens is 544 g/mol. The first-order valence-corrected chi connectivity index (χ1v) is 18.0. The Morgan fingerprint density at radius 1 is 0.591 bits per heavy atom. The number of aryl methyl sites for hydroxylation is 2. The van der Waals surface area contributed by atoms with E-state index in [1.807, 2.05) is 46.5 Å². The second-order valence-electron chi connectivity index (χ2n) is 13.2. The van der Waals surface area contributed by atoms with Gasteiger partial charge in [-0.15, -0.1) is 0 Å². The zero-order valence-corrected chi connectivity index (χ0v) is 28.5. The van der Waals surface area contributed by atoms with Crippen LogP contribution in [0.1, 0.15) is 151 Å². The first-order chi connectivity index (χ1) is 21.4. The number of rotatable bonds is 20. The Morgan fingerprint density at radius 3 is 1.30 bits per heavy atom. The molecule has 1 aliphatic heterocycles. The lowest BCUT2D eigenvalue weighted by Gasteiger charge is -2.44. The predicted molar refractivity (Wildman–Crippen MR) is 179 cm³/mol. The first-order valence-electron chi connectivity index (χ1n) is 18.0. The third-order valence-electron chi connectivity index (χ3n) is 9.26. The first kappa shape index (κ1) is 35.7. The highest BCUT2D eigenvalue weighted by atomic mass is 16.2. The summed E-state index contributed by atoms with van der Waals surface area (Å²) in [6.07, 6.45) is 28.9. The molecule has 2 amide bonds. The summed E-state index contributed by atoms with van der Waals surface area (Å²) in [5.74, 6) is 0.120. The SMILES string of the molecule is CCCCCCCCCC[n+]1cccc(C(=O)N2CC(C)N(C(=O)c3ccc[n+](CCCCCCCCCC)c3)CC2C)c1. The Balaban J connectivity index is 1.47. The highest BCUT2D eigenvalue weighted by Crippen LogP contribution is 2.20. The van der Waals surface area contributed by atoms with Crippen molar-refractivity contribution in [1.29, 1.82) is 0 Å². The van der Waals surface area contributed by atoms with Crippen LogP contribution in [-0.2, 0) is 13.1 Å². The molecule has 0 radical (unpaired) electrons. The normalized spacial score (nSPS) is 16.8. The van der Waals surface area contributed by atoms with Gasteiger partial charge in [-0.3, -0.25) is 9.59 Å². The molecule has 0 aliphatic carbocycles. The minimum absolute atomic E-state index is 0.0443. The van der Waals surface area contributed by atoms with E-state index in [1.54, 1.807) is 0 Å². The van der Waals surface area contributed by atoms with Gasteiger partial charge in [0.15, 0.2) is 24.8 Å². The topological polar surface area (TPSA) is 48.4 Å². The van der Waals surface area contributed by atoms with Crippen LogP contribution >= 0.6 is 0 Å². The second kappa shape index (κ2) is 20.3. The van der Waals surface area contributed by atoms with Crippen molar-refractivity contribution < 1.29 is 18.7 Å². The zero-order chi connectivity index (χ0) is 31.6. The number of hydrogen-bond acceptors (Lipinski definition) is 2. The number of carbonyl (C=O) groups is 2. The number of piperazine rings is 1. The van der Waals surface area contributed by atoms with Crippen molar-refractivity contribution >= 4 is 11.8 Å². The summed E-state index contributed by atoms with van der Waals surface area (Å²) in [5.41, 5.74) is 1.46. The second-order valence-corrected chi connectivity index (χ2v) is 13.2. The summed E-state index contributed by atoms with van der Waals surface area (Å²) >= 11 is 0. The molecule has 1 saturated heterocycles. The molecule has 0 spiro atoms. The molecule has 2 atom stereocenters. The smallest absolute Gasteiger partial charge is 0.260 e. The van der Waals surface area contributed by atoms with Crippen LogP contribution in [0.15, 0.2) is 49.1 Å².